The number of hydrogen-bond acceptors (Lipinski definition) is 3. The van der Waals surface area contributed by atoms with Crippen molar-refractivity contribution < 1.29 is 4.74 Å². The highest BCUT2D eigenvalue weighted by Crippen LogP contribution is 2.21. The monoisotopic (exact) mass is 242 g/mol. The number of halogens is 1. The van der Waals surface area contributed by atoms with Crippen LogP contribution in [-0.2, 0) is 0 Å². The lowest BCUT2D eigenvalue weighted by Crippen LogP contribution is -2.39. The third kappa shape index (κ3) is 3.67. The van der Waals surface area contributed by atoms with Crippen LogP contribution in [0, 0.1) is 6.92 Å². The summed E-state index contributed by atoms with van der Waals surface area (Å²) in [7, 11) is 3.99. The standard InChI is InChI=1S/C12H19ClN2O/c1-9-6-10(13)4-5-12(9)16-8-11(7-14)15(2)3/h4-6,11H,7-8,14H2,1-3H3. The number of nitrogens with zero attached hydrogens (tertiary/aromatic N) is 1. The molecule has 0 saturated carbocycles. The molecule has 1 unspecified atom stereocenters. The van der Waals surface area contributed by atoms with E-state index < -0.39 is 0 Å². The minimum atomic E-state index is 0.232. The first kappa shape index (κ1) is 13.3. The van der Waals surface area contributed by atoms with E-state index >= 15 is 0 Å². The van der Waals surface area contributed by atoms with E-state index in [0.717, 1.165) is 16.3 Å². The number of likely N-dealkylation sites (N-methyl/N-ethyl adjacent to an activating group) is 1. The Balaban J connectivity index is 2.60. The molecule has 0 fully saturated rings. The Morgan fingerprint density at radius 3 is 2.62 bits per heavy atom. The highest BCUT2D eigenvalue weighted by atomic mass is 35.5. The van der Waals surface area contributed by atoms with Gasteiger partial charge >= 0.3 is 0 Å². The van der Waals surface area contributed by atoms with Crippen molar-refractivity contribution >= 4 is 11.6 Å². The van der Waals surface area contributed by atoms with E-state index in [4.69, 9.17) is 22.1 Å². The first-order valence-corrected chi connectivity index (χ1v) is 5.68. The molecule has 3 nitrogen and oxygen atoms in total. The minimum absolute atomic E-state index is 0.232. The number of benzene rings is 1. The smallest absolute Gasteiger partial charge is 0.122 e. The summed E-state index contributed by atoms with van der Waals surface area (Å²) in [6.45, 7) is 3.15. The van der Waals surface area contributed by atoms with Crippen molar-refractivity contribution in [3.05, 3.63) is 28.8 Å². The van der Waals surface area contributed by atoms with Gasteiger partial charge in [0.1, 0.15) is 12.4 Å². The van der Waals surface area contributed by atoms with Crippen LogP contribution in [0.15, 0.2) is 18.2 Å². The zero-order chi connectivity index (χ0) is 12.1. The molecule has 1 aromatic carbocycles. The van der Waals surface area contributed by atoms with Gasteiger partial charge in [-0.05, 0) is 44.8 Å². The number of rotatable bonds is 5. The minimum Gasteiger partial charge on any atom is -0.492 e. The number of nitrogens with two attached hydrogens (primary N) is 1. The first-order chi connectivity index (χ1) is 7.54. The van der Waals surface area contributed by atoms with Crippen molar-refractivity contribution in [1.29, 1.82) is 0 Å². The van der Waals surface area contributed by atoms with Gasteiger partial charge in [-0.2, -0.15) is 0 Å². The van der Waals surface area contributed by atoms with E-state index in [1.807, 2.05) is 39.2 Å². The van der Waals surface area contributed by atoms with Crippen LogP contribution in [0.5, 0.6) is 5.75 Å². The van der Waals surface area contributed by atoms with Crippen LogP contribution in [0.2, 0.25) is 5.02 Å². The molecule has 90 valence electrons. The molecule has 0 aliphatic heterocycles. The second-order valence-corrected chi connectivity index (χ2v) is 4.51. The van der Waals surface area contributed by atoms with Gasteiger partial charge in [0.15, 0.2) is 0 Å². The molecule has 1 aromatic rings. The molecule has 0 aliphatic rings. The van der Waals surface area contributed by atoms with Crippen LogP contribution in [-0.4, -0.2) is 38.2 Å². The van der Waals surface area contributed by atoms with Gasteiger partial charge in [0.05, 0.1) is 6.04 Å². The molecule has 1 rings (SSSR count). The average molecular weight is 243 g/mol. The van der Waals surface area contributed by atoms with Gasteiger partial charge in [0.2, 0.25) is 0 Å². The average Bonchev–Trinajstić information content (AvgIpc) is 2.21. The number of aryl methyl sites for hydroxylation is 1. The fourth-order valence-corrected chi connectivity index (χ4v) is 1.62. The van der Waals surface area contributed by atoms with Crippen LogP contribution >= 0.6 is 11.6 Å². The Morgan fingerprint density at radius 2 is 2.12 bits per heavy atom. The lowest BCUT2D eigenvalue weighted by atomic mass is 10.2. The summed E-state index contributed by atoms with van der Waals surface area (Å²) < 4.78 is 5.73. The van der Waals surface area contributed by atoms with Gasteiger partial charge in [0, 0.05) is 11.6 Å². The Hall–Kier alpha value is -0.770. The third-order valence-corrected chi connectivity index (χ3v) is 2.81. The van der Waals surface area contributed by atoms with Crippen LogP contribution in [0.25, 0.3) is 0 Å². The summed E-state index contributed by atoms with van der Waals surface area (Å²) in [6.07, 6.45) is 0. The first-order valence-electron chi connectivity index (χ1n) is 5.30. The fourth-order valence-electron chi connectivity index (χ4n) is 1.39. The van der Waals surface area contributed by atoms with Crippen molar-refractivity contribution in [2.45, 2.75) is 13.0 Å². The van der Waals surface area contributed by atoms with Gasteiger partial charge in [-0.25, -0.2) is 0 Å². The van der Waals surface area contributed by atoms with E-state index in [1.54, 1.807) is 0 Å². The Morgan fingerprint density at radius 1 is 1.44 bits per heavy atom. The normalized spacial score (nSPS) is 12.9. The summed E-state index contributed by atoms with van der Waals surface area (Å²) in [4.78, 5) is 2.06. The van der Waals surface area contributed by atoms with Crippen LogP contribution < -0.4 is 10.5 Å². The SMILES string of the molecule is Cc1cc(Cl)ccc1OCC(CN)N(C)C. The van der Waals surface area contributed by atoms with Crippen LogP contribution in [0.3, 0.4) is 0 Å². The number of ether oxygens (including phenoxy) is 1. The molecule has 0 radical (unpaired) electrons. The molecule has 4 heteroatoms. The second-order valence-electron chi connectivity index (χ2n) is 4.07. The molecule has 1 atom stereocenters. The van der Waals surface area contributed by atoms with Gasteiger partial charge < -0.3 is 15.4 Å². The van der Waals surface area contributed by atoms with Crippen LogP contribution in [0.1, 0.15) is 5.56 Å². The van der Waals surface area contributed by atoms with Crippen molar-refractivity contribution in [1.82, 2.24) is 4.90 Å². The predicted molar refractivity (Wildman–Crippen MR) is 68.2 cm³/mol. The quantitative estimate of drug-likeness (QED) is 0.858. The van der Waals surface area contributed by atoms with Crippen molar-refractivity contribution in [3.8, 4) is 5.75 Å². The van der Waals surface area contributed by atoms with Crippen molar-refractivity contribution in [2.75, 3.05) is 27.2 Å². The molecule has 0 saturated heterocycles. The number of hydrogen-bond donors (Lipinski definition) is 1. The fraction of sp³-hybridized carbons (Fsp3) is 0.500. The Bertz CT molecular complexity index is 342. The Kier molecular flexibility index (Phi) is 5.06. The van der Waals surface area contributed by atoms with Gasteiger partial charge in [0.25, 0.3) is 0 Å². The van der Waals surface area contributed by atoms with E-state index in [0.29, 0.717) is 13.2 Å². The van der Waals surface area contributed by atoms with E-state index in [2.05, 4.69) is 4.90 Å². The van der Waals surface area contributed by atoms with Gasteiger partial charge in [-0.3, -0.25) is 0 Å². The molecule has 0 heterocycles. The summed E-state index contributed by atoms with van der Waals surface area (Å²) in [5, 5.41) is 0.729. The molecule has 0 bridgehead atoms. The maximum absolute atomic E-state index is 5.87. The van der Waals surface area contributed by atoms with Gasteiger partial charge in [-0.1, -0.05) is 11.6 Å². The molecule has 0 aromatic heterocycles. The van der Waals surface area contributed by atoms with Crippen molar-refractivity contribution in [2.24, 2.45) is 5.73 Å². The Labute approximate surface area is 102 Å². The maximum atomic E-state index is 5.87. The van der Waals surface area contributed by atoms with E-state index in [1.165, 1.54) is 0 Å². The molecular formula is C12H19ClN2O. The summed E-state index contributed by atoms with van der Waals surface area (Å²) >= 11 is 5.87. The summed E-state index contributed by atoms with van der Waals surface area (Å²) in [5.74, 6) is 0.865. The highest BCUT2D eigenvalue weighted by Gasteiger charge is 2.10. The second kappa shape index (κ2) is 6.09. The lowest BCUT2D eigenvalue weighted by molar-refractivity contribution is 0.189. The molecule has 2 N–H and O–H groups in total. The van der Waals surface area contributed by atoms with E-state index in [-0.39, 0.29) is 6.04 Å². The molecule has 0 amide bonds. The van der Waals surface area contributed by atoms with Crippen molar-refractivity contribution in [3.63, 3.8) is 0 Å². The lowest BCUT2D eigenvalue weighted by Gasteiger charge is -2.23. The molecule has 16 heavy (non-hydrogen) atoms. The predicted octanol–water partition coefficient (Wildman–Crippen LogP) is 1.92. The maximum Gasteiger partial charge on any atom is 0.122 e. The topological polar surface area (TPSA) is 38.5 Å². The largest absolute Gasteiger partial charge is 0.492 e. The zero-order valence-corrected chi connectivity index (χ0v) is 10.8. The third-order valence-electron chi connectivity index (χ3n) is 2.57. The molecule has 0 spiro atoms. The van der Waals surface area contributed by atoms with E-state index in [9.17, 15) is 0 Å². The highest BCUT2D eigenvalue weighted by molar-refractivity contribution is 6.30. The van der Waals surface area contributed by atoms with Gasteiger partial charge in [-0.15, -0.1) is 0 Å². The molecule has 0 aliphatic carbocycles. The zero-order valence-electron chi connectivity index (χ0n) is 10.0. The summed E-state index contributed by atoms with van der Waals surface area (Å²) in [6, 6.07) is 5.84. The molecular weight excluding hydrogens is 224 g/mol. The van der Waals surface area contributed by atoms with Crippen LogP contribution in [0.4, 0.5) is 0 Å². The summed E-state index contributed by atoms with van der Waals surface area (Å²) in [5.41, 5.74) is 6.70.